The number of hydrogen-bond donors (Lipinski definition) is 1. The Bertz CT molecular complexity index is 412. The number of carbonyl (C=O) groups excluding carboxylic acids is 1. The molecule has 0 saturated carbocycles. The molecule has 1 aromatic rings. The Morgan fingerprint density at radius 3 is 3.00 bits per heavy atom. The molecule has 0 bridgehead atoms. The highest BCUT2D eigenvalue weighted by Crippen LogP contribution is 2.32. The third-order valence-corrected chi connectivity index (χ3v) is 3.22. The van der Waals surface area contributed by atoms with Crippen molar-refractivity contribution < 1.29 is 14.6 Å². The number of hydrogen-bond acceptors (Lipinski definition) is 3. The summed E-state index contributed by atoms with van der Waals surface area (Å²) in [5.41, 5.74) is 1.02. The Morgan fingerprint density at radius 1 is 1.41 bits per heavy atom. The van der Waals surface area contributed by atoms with E-state index < -0.39 is 0 Å². The van der Waals surface area contributed by atoms with Crippen LogP contribution in [0, 0.1) is 5.92 Å². The van der Waals surface area contributed by atoms with Crippen LogP contribution in [0.5, 0.6) is 11.5 Å². The molecule has 92 valence electrons. The van der Waals surface area contributed by atoms with Gasteiger partial charge in [-0.05, 0) is 24.5 Å². The molecule has 0 radical (unpaired) electrons. The average Bonchev–Trinajstić information content (AvgIpc) is 2.30. The Kier molecular flexibility index (Phi) is 3.67. The number of unbranched alkanes of at least 4 members (excludes halogenated alkanes) is 2. The van der Waals surface area contributed by atoms with E-state index in [0.717, 1.165) is 37.7 Å². The lowest BCUT2D eigenvalue weighted by molar-refractivity contribution is -0.140. The van der Waals surface area contributed by atoms with Crippen molar-refractivity contribution in [3.05, 3.63) is 23.8 Å². The minimum absolute atomic E-state index is 0.0152. The second kappa shape index (κ2) is 5.21. The van der Waals surface area contributed by atoms with E-state index >= 15 is 0 Å². The number of ether oxygens (including phenoxy) is 1. The number of esters is 1. The fourth-order valence-corrected chi connectivity index (χ4v) is 2.21. The molecule has 1 aliphatic rings. The summed E-state index contributed by atoms with van der Waals surface area (Å²) < 4.78 is 5.26. The van der Waals surface area contributed by atoms with Crippen LogP contribution < -0.4 is 4.74 Å². The molecule has 0 aliphatic carbocycles. The van der Waals surface area contributed by atoms with Crippen LogP contribution in [-0.2, 0) is 11.2 Å². The second-order valence-corrected chi connectivity index (χ2v) is 4.61. The molecule has 0 amide bonds. The highest BCUT2D eigenvalue weighted by molar-refractivity contribution is 5.78. The van der Waals surface area contributed by atoms with E-state index in [4.69, 9.17) is 4.74 Å². The summed E-state index contributed by atoms with van der Waals surface area (Å²) in [6.07, 6.45) is 5.02. The lowest BCUT2D eigenvalue weighted by atomic mass is 9.91. The first-order valence-corrected chi connectivity index (χ1v) is 6.24. The highest BCUT2D eigenvalue weighted by Gasteiger charge is 2.27. The number of rotatable bonds is 4. The lowest BCUT2D eigenvalue weighted by Gasteiger charge is -2.23. The fourth-order valence-electron chi connectivity index (χ4n) is 2.21. The van der Waals surface area contributed by atoms with Crippen LogP contribution in [0.1, 0.15) is 38.2 Å². The molecule has 0 saturated heterocycles. The van der Waals surface area contributed by atoms with Gasteiger partial charge in [0.05, 0.1) is 5.92 Å². The maximum atomic E-state index is 11.8. The molecule has 1 heterocycles. The third kappa shape index (κ3) is 2.78. The van der Waals surface area contributed by atoms with E-state index in [9.17, 15) is 9.90 Å². The molecule has 1 aliphatic heterocycles. The molecule has 1 unspecified atom stereocenters. The number of phenolic OH excluding ortho intramolecular Hbond substituents is 1. The Balaban J connectivity index is 2.05. The molecule has 3 heteroatoms. The van der Waals surface area contributed by atoms with Gasteiger partial charge in [0.25, 0.3) is 0 Å². The summed E-state index contributed by atoms with van der Waals surface area (Å²) in [7, 11) is 0. The van der Waals surface area contributed by atoms with Gasteiger partial charge in [-0.15, -0.1) is 0 Å². The standard InChI is InChI=1S/C14H18O3/c1-2-3-4-5-11-8-10-6-7-12(15)9-13(10)17-14(11)16/h6-7,9,11,15H,2-5,8H2,1H3. The summed E-state index contributed by atoms with van der Waals surface area (Å²) in [5, 5.41) is 9.32. The number of phenols is 1. The first-order chi connectivity index (χ1) is 8.20. The molecule has 0 fully saturated rings. The van der Waals surface area contributed by atoms with E-state index in [0.29, 0.717) is 5.75 Å². The Hall–Kier alpha value is -1.51. The van der Waals surface area contributed by atoms with E-state index in [2.05, 4.69) is 6.92 Å². The normalized spacial score (nSPS) is 18.6. The van der Waals surface area contributed by atoms with Crippen molar-refractivity contribution in [3.8, 4) is 11.5 Å². The SMILES string of the molecule is CCCCCC1Cc2ccc(O)cc2OC1=O. The molecule has 2 rings (SSSR count). The van der Waals surface area contributed by atoms with Crippen molar-refractivity contribution in [2.24, 2.45) is 5.92 Å². The Labute approximate surface area is 101 Å². The van der Waals surface area contributed by atoms with Gasteiger partial charge in [0.2, 0.25) is 0 Å². The summed E-state index contributed by atoms with van der Waals surface area (Å²) in [6, 6.07) is 4.99. The average molecular weight is 234 g/mol. The van der Waals surface area contributed by atoms with Crippen LogP contribution in [-0.4, -0.2) is 11.1 Å². The summed E-state index contributed by atoms with van der Waals surface area (Å²) in [4.78, 5) is 11.8. The largest absolute Gasteiger partial charge is 0.508 e. The van der Waals surface area contributed by atoms with Gasteiger partial charge in [-0.1, -0.05) is 32.3 Å². The van der Waals surface area contributed by atoms with Gasteiger partial charge in [0.1, 0.15) is 11.5 Å². The van der Waals surface area contributed by atoms with Crippen molar-refractivity contribution in [2.75, 3.05) is 0 Å². The van der Waals surface area contributed by atoms with Crippen molar-refractivity contribution in [1.82, 2.24) is 0 Å². The molecule has 3 nitrogen and oxygen atoms in total. The minimum atomic E-state index is -0.154. The van der Waals surface area contributed by atoms with Crippen LogP contribution in [0.15, 0.2) is 18.2 Å². The van der Waals surface area contributed by atoms with Crippen molar-refractivity contribution in [2.45, 2.75) is 39.0 Å². The van der Waals surface area contributed by atoms with Crippen molar-refractivity contribution >= 4 is 5.97 Å². The molecule has 1 aromatic carbocycles. The summed E-state index contributed by atoms with van der Waals surface area (Å²) >= 11 is 0. The zero-order chi connectivity index (χ0) is 12.3. The monoisotopic (exact) mass is 234 g/mol. The van der Waals surface area contributed by atoms with E-state index in [1.165, 1.54) is 6.07 Å². The third-order valence-electron chi connectivity index (χ3n) is 3.22. The maximum Gasteiger partial charge on any atom is 0.314 e. The summed E-state index contributed by atoms with van der Waals surface area (Å²) in [6.45, 7) is 2.15. The Morgan fingerprint density at radius 2 is 2.24 bits per heavy atom. The molecule has 0 spiro atoms. The van der Waals surface area contributed by atoms with E-state index in [1.807, 2.05) is 6.07 Å². The predicted octanol–water partition coefficient (Wildman–Crippen LogP) is 3.05. The van der Waals surface area contributed by atoms with Crippen LogP contribution in [0.3, 0.4) is 0 Å². The zero-order valence-corrected chi connectivity index (χ0v) is 10.1. The minimum Gasteiger partial charge on any atom is -0.508 e. The number of benzene rings is 1. The molecule has 1 atom stereocenters. The first-order valence-electron chi connectivity index (χ1n) is 6.24. The van der Waals surface area contributed by atoms with Gasteiger partial charge in [-0.2, -0.15) is 0 Å². The number of fused-ring (bicyclic) bond motifs is 1. The molecule has 0 aromatic heterocycles. The topological polar surface area (TPSA) is 46.5 Å². The number of carbonyl (C=O) groups is 1. The number of aromatic hydroxyl groups is 1. The van der Waals surface area contributed by atoms with Crippen molar-refractivity contribution in [3.63, 3.8) is 0 Å². The van der Waals surface area contributed by atoms with Gasteiger partial charge >= 0.3 is 5.97 Å². The van der Waals surface area contributed by atoms with Crippen LogP contribution in [0.2, 0.25) is 0 Å². The van der Waals surface area contributed by atoms with Crippen LogP contribution >= 0.6 is 0 Å². The smallest absolute Gasteiger partial charge is 0.314 e. The summed E-state index contributed by atoms with van der Waals surface area (Å²) in [5.74, 6) is 0.487. The zero-order valence-electron chi connectivity index (χ0n) is 10.1. The quantitative estimate of drug-likeness (QED) is 0.495. The molecular weight excluding hydrogens is 216 g/mol. The van der Waals surface area contributed by atoms with Gasteiger partial charge in [0.15, 0.2) is 0 Å². The van der Waals surface area contributed by atoms with Gasteiger partial charge < -0.3 is 9.84 Å². The van der Waals surface area contributed by atoms with Crippen LogP contribution in [0.25, 0.3) is 0 Å². The van der Waals surface area contributed by atoms with Crippen LogP contribution in [0.4, 0.5) is 0 Å². The molecular formula is C14H18O3. The van der Waals surface area contributed by atoms with E-state index in [1.54, 1.807) is 6.07 Å². The second-order valence-electron chi connectivity index (χ2n) is 4.61. The van der Waals surface area contributed by atoms with Gasteiger partial charge in [-0.25, -0.2) is 0 Å². The van der Waals surface area contributed by atoms with Gasteiger partial charge in [-0.3, -0.25) is 4.79 Å². The highest BCUT2D eigenvalue weighted by atomic mass is 16.5. The maximum absolute atomic E-state index is 11.8. The molecule has 1 N–H and O–H groups in total. The fraction of sp³-hybridized carbons (Fsp3) is 0.500. The van der Waals surface area contributed by atoms with Crippen molar-refractivity contribution in [1.29, 1.82) is 0 Å². The lowest BCUT2D eigenvalue weighted by Crippen LogP contribution is -2.27. The van der Waals surface area contributed by atoms with E-state index in [-0.39, 0.29) is 17.6 Å². The first kappa shape index (κ1) is 12.0. The van der Waals surface area contributed by atoms with Gasteiger partial charge in [0, 0.05) is 6.07 Å². The molecule has 17 heavy (non-hydrogen) atoms. The predicted molar refractivity (Wildman–Crippen MR) is 65.1 cm³/mol.